The zero-order valence-electron chi connectivity index (χ0n) is 16.1. The highest BCUT2D eigenvalue weighted by Gasteiger charge is 2.24. The van der Waals surface area contributed by atoms with Gasteiger partial charge >= 0.3 is 0 Å². The SMILES string of the molecule is COc1ccc(Cl)cc1C[NH+](C)[C@@H](C)C(=O)Nc1ccc([N+](=O)[O-])cc1OC. The number of hydrogen-bond donors (Lipinski definition) is 2. The molecule has 28 heavy (non-hydrogen) atoms. The number of quaternary nitrogens is 1. The average molecular weight is 409 g/mol. The molecule has 0 aliphatic heterocycles. The Bertz CT molecular complexity index is 875. The second kappa shape index (κ2) is 9.38. The lowest BCUT2D eigenvalue weighted by molar-refractivity contribution is -0.907. The second-order valence-corrected chi connectivity index (χ2v) is 6.77. The third-order valence-corrected chi connectivity index (χ3v) is 4.73. The quantitative estimate of drug-likeness (QED) is 0.516. The molecule has 0 saturated carbocycles. The Labute approximate surface area is 168 Å². The third kappa shape index (κ3) is 5.11. The van der Waals surface area contributed by atoms with E-state index in [1.807, 2.05) is 13.1 Å². The van der Waals surface area contributed by atoms with Crippen LogP contribution in [0.1, 0.15) is 12.5 Å². The van der Waals surface area contributed by atoms with E-state index in [9.17, 15) is 14.9 Å². The summed E-state index contributed by atoms with van der Waals surface area (Å²) in [5.41, 5.74) is 1.15. The van der Waals surface area contributed by atoms with Crippen molar-refractivity contribution in [1.29, 1.82) is 0 Å². The lowest BCUT2D eigenvalue weighted by Crippen LogP contribution is -3.12. The summed E-state index contributed by atoms with van der Waals surface area (Å²) in [5, 5.41) is 14.3. The van der Waals surface area contributed by atoms with Gasteiger partial charge in [0.25, 0.3) is 11.6 Å². The molecule has 2 aromatic carbocycles. The fourth-order valence-corrected chi connectivity index (χ4v) is 2.90. The molecule has 0 spiro atoms. The minimum atomic E-state index is -0.521. The number of nitrogens with one attached hydrogen (secondary N) is 2. The molecule has 0 saturated heterocycles. The summed E-state index contributed by atoms with van der Waals surface area (Å²) in [4.78, 5) is 24.0. The van der Waals surface area contributed by atoms with Crippen molar-refractivity contribution in [2.45, 2.75) is 19.5 Å². The summed E-state index contributed by atoms with van der Waals surface area (Å²) in [5.74, 6) is 0.683. The number of rotatable bonds is 8. The molecule has 0 heterocycles. The van der Waals surface area contributed by atoms with Gasteiger partial charge in [0.15, 0.2) is 6.04 Å². The number of anilines is 1. The van der Waals surface area contributed by atoms with Gasteiger partial charge in [-0.1, -0.05) is 11.6 Å². The molecule has 2 N–H and O–H groups in total. The van der Waals surface area contributed by atoms with E-state index in [0.29, 0.717) is 23.0 Å². The van der Waals surface area contributed by atoms with Crippen LogP contribution in [0.2, 0.25) is 5.02 Å². The molecular weight excluding hydrogens is 386 g/mol. The first-order chi connectivity index (χ1) is 13.3. The van der Waals surface area contributed by atoms with E-state index >= 15 is 0 Å². The summed E-state index contributed by atoms with van der Waals surface area (Å²) < 4.78 is 10.5. The minimum Gasteiger partial charge on any atom is -0.496 e. The van der Waals surface area contributed by atoms with E-state index in [2.05, 4.69) is 5.32 Å². The summed E-state index contributed by atoms with van der Waals surface area (Å²) >= 11 is 6.07. The monoisotopic (exact) mass is 408 g/mol. The highest BCUT2D eigenvalue weighted by atomic mass is 35.5. The number of ether oxygens (including phenoxy) is 2. The maximum atomic E-state index is 12.7. The van der Waals surface area contributed by atoms with Crippen LogP contribution >= 0.6 is 11.6 Å². The highest BCUT2D eigenvalue weighted by Crippen LogP contribution is 2.29. The van der Waals surface area contributed by atoms with Gasteiger partial charge in [-0.25, -0.2) is 0 Å². The van der Waals surface area contributed by atoms with Crippen molar-refractivity contribution in [2.24, 2.45) is 0 Å². The number of halogens is 1. The van der Waals surface area contributed by atoms with E-state index in [1.165, 1.54) is 25.3 Å². The smallest absolute Gasteiger partial charge is 0.282 e. The van der Waals surface area contributed by atoms with Crippen molar-refractivity contribution in [3.05, 3.63) is 57.1 Å². The van der Waals surface area contributed by atoms with Gasteiger partial charge in [-0.05, 0) is 31.2 Å². The van der Waals surface area contributed by atoms with E-state index in [1.54, 1.807) is 26.2 Å². The van der Waals surface area contributed by atoms with E-state index in [-0.39, 0.29) is 17.3 Å². The Morgan fingerprint density at radius 3 is 2.50 bits per heavy atom. The molecule has 8 nitrogen and oxygen atoms in total. The predicted molar refractivity (Wildman–Crippen MR) is 106 cm³/mol. The van der Waals surface area contributed by atoms with E-state index < -0.39 is 11.0 Å². The number of benzene rings is 2. The summed E-state index contributed by atoms with van der Waals surface area (Å²) in [6.45, 7) is 2.31. The molecule has 0 radical (unpaired) electrons. The number of nitro benzene ring substituents is 1. The lowest BCUT2D eigenvalue weighted by Gasteiger charge is -2.22. The van der Waals surface area contributed by atoms with Gasteiger partial charge in [0, 0.05) is 16.7 Å². The van der Waals surface area contributed by atoms with Gasteiger partial charge in [-0.15, -0.1) is 0 Å². The molecule has 9 heteroatoms. The lowest BCUT2D eigenvalue weighted by atomic mass is 10.1. The molecule has 2 atom stereocenters. The van der Waals surface area contributed by atoms with Crippen molar-refractivity contribution in [3.63, 3.8) is 0 Å². The number of methoxy groups -OCH3 is 2. The van der Waals surface area contributed by atoms with Gasteiger partial charge in [0.1, 0.15) is 18.0 Å². The largest absolute Gasteiger partial charge is 0.496 e. The van der Waals surface area contributed by atoms with Crippen molar-refractivity contribution < 1.29 is 24.1 Å². The van der Waals surface area contributed by atoms with Gasteiger partial charge in [0.2, 0.25) is 0 Å². The number of amides is 1. The molecule has 0 aliphatic rings. The van der Waals surface area contributed by atoms with E-state index in [0.717, 1.165) is 10.5 Å². The zero-order chi connectivity index (χ0) is 20.8. The summed E-state index contributed by atoms with van der Waals surface area (Å²) in [6.07, 6.45) is 0. The predicted octanol–water partition coefficient (Wildman–Crippen LogP) is 2.31. The minimum absolute atomic E-state index is 0.112. The Morgan fingerprint density at radius 1 is 1.21 bits per heavy atom. The molecule has 2 rings (SSSR count). The molecule has 150 valence electrons. The fraction of sp³-hybridized carbons (Fsp3) is 0.316. The van der Waals surface area contributed by atoms with Crippen LogP contribution < -0.4 is 19.7 Å². The molecular formula is C19H23ClN3O5+. The average Bonchev–Trinajstić information content (AvgIpc) is 2.67. The molecule has 1 amide bonds. The van der Waals surface area contributed by atoms with Crippen molar-refractivity contribution >= 4 is 28.9 Å². The Balaban J connectivity index is 2.12. The topological polar surface area (TPSA) is 95.1 Å². The number of hydrogen-bond acceptors (Lipinski definition) is 5. The number of nitrogens with zero attached hydrogens (tertiary/aromatic N) is 1. The van der Waals surface area contributed by atoms with Crippen LogP contribution in [0.5, 0.6) is 11.5 Å². The standard InChI is InChI=1S/C19H22ClN3O5/c1-12(22(2)11-13-9-14(20)5-8-17(13)27-3)19(24)21-16-7-6-15(23(25)26)10-18(16)28-4/h5-10,12H,11H2,1-4H3,(H,21,24)/p+1/t12-/m0/s1. The number of nitro groups is 1. The number of carbonyl (C=O) groups is 1. The Morgan fingerprint density at radius 2 is 1.89 bits per heavy atom. The Kier molecular flexibility index (Phi) is 7.19. The van der Waals surface area contributed by atoms with Gasteiger partial charge in [-0.2, -0.15) is 0 Å². The second-order valence-electron chi connectivity index (χ2n) is 6.33. The molecule has 0 fully saturated rings. The molecule has 2 aromatic rings. The first-order valence-corrected chi connectivity index (χ1v) is 8.92. The van der Waals surface area contributed by atoms with E-state index in [4.69, 9.17) is 21.1 Å². The zero-order valence-corrected chi connectivity index (χ0v) is 16.9. The van der Waals surface area contributed by atoms with Crippen LogP contribution in [-0.4, -0.2) is 38.1 Å². The molecule has 0 bridgehead atoms. The molecule has 0 aliphatic carbocycles. The summed E-state index contributed by atoms with van der Waals surface area (Å²) in [6, 6.07) is 8.98. The maximum Gasteiger partial charge on any atom is 0.282 e. The van der Waals surface area contributed by atoms with Crippen LogP contribution in [0.4, 0.5) is 11.4 Å². The van der Waals surface area contributed by atoms with Crippen molar-refractivity contribution in [1.82, 2.24) is 0 Å². The van der Waals surface area contributed by atoms with Gasteiger partial charge in [0.05, 0.1) is 37.9 Å². The number of carbonyl (C=O) groups excluding carboxylic acids is 1. The van der Waals surface area contributed by atoms with Gasteiger partial charge < -0.3 is 19.7 Å². The fourth-order valence-electron chi connectivity index (χ4n) is 2.70. The van der Waals surface area contributed by atoms with Crippen molar-refractivity contribution in [2.75, 3.05) is 26.6 Å². The number of non-ortho nitro benzene ring substituents is 1. The Hall–Kier alpha value is -2.84. The molecule has 0 aromatic heterocycles. The van der Waals surface area contributed by atoms with Crippen LogP contribution in [0.25, 0.3) is 0 Å². The van der Waals surface area contributed by atoms with Crippen LogP contribution in [-0.2, 0) is 11.3 Å². The van der Waals surface area contributed by atoms with Gasteiger partial charge in [-0.3, -0.25) is 14.9 Å². The summed E-state index contributed by atoms with van der Waals surface area (Å²) in [7, 11) is 4.86. The normalized spacial score (nSPS) is 12.8. The first-order valence-electron chi connectivity index (χ1n) is 8.54. The van der Waals surface area contributed by atoms with Crippen molar-refractivity contribution in [3.8, 4) is 11.5 Å². The third-order valence-electron chi connectivity index (χ3n) is 4.50. The number of likely N-dealkylation sites (N-methyl/N-ethyl adjacent to an activating group) is 1. The van der Waals surface area contributed by atoms with Crippen LogP contribution in [0.3, 0.4) is 0 Å². The van der Waals surface area contributed by atoms with Crippen LogP contribution in [0, 0.1) is 10.1 Å². The molecule has 1 unspecified atom stereocenters. The highest BCUT2D eigenvalue weighted by molar-refractivity contribution is 6.30. The first kappa shape index (κ1) is 21.5. The van der Waals surface area contributed by atoms with Crippen LogP contribution in [0.15, 0.2) is 36.4 Å². The maximum absolute atomic E-state index is 12.7.